The van der Waals surface area contributed by atoms with Gasteiger partial charge < -0.3 is 10.6 Å². The Kier molecular flexibility index (Phi) is 6.31. The van der Waals surface area contributed by atoms with Crippen LogP contribution in [0, 0.1) is 11.8 Å². The van der Waals surface area contributed by atoms with Crippen LogP contribution in [0.25, 0.3) is 0 Å². The van der Waals surface area contributed by atoms with Gasteiger partial charge >= 0.3 is 0 Å². The van der Waals surface area contributed by atoms with E-state index < -0.39 is 0 Å². The molecule has 1 aliphatic carbocycles. The van der Waals surface area contributed by atoms with E-state index in [0.29, 0.717) is 23.6 Å². The Morgan fingerprint density at radius 1 is 1.24 bits per heavy atom. The molecule has 5 nitrogen and oxygen atoms in total. The summed E-state index contributed by atoms with van der Waals surface area (Å²) in [5.41, 5.74) is 0.980. The fourth-order valence-electron chi connectivity index (χ4n) is 3.13. The van der Waals surface area contributed by atoms with Crippen LogP contribution in [0.5, 0.6) is 0 Å². The third-order valence-electron chi connectivity index (χ3n) is 4.81. The first-order chi connectivity index (χ1) is 12.1. The lowest BCUT2D eigenvalue weighted by atomic mass is 9.78. The highest BCUT2D eigenvalue weighted by molar-refractivity contribution is 8.01. The second kappa shape index (κ2) is 8.67. The first-order valence-corrected chi connectivity index (χ1v) is 10.5. The Hall–Kier alpha value is -1.60. The van der Waals surface area contributed by atoms with Crippen LogP contribution < -0.4 is 10.6 Å². The zero-order valence-electron chi connectivity index (χ0n) is 14.6. The number of para-hydroxylation sites is 1. The summed E-state index contributed by atoms with van der Waals surface area (Å²) in [6.45, 7) is 4.52. The molecule has 7 heteroatoms. The van der Waals surface area contributed by atoms with E-state index in [1.807, 2.05) is 30.3 Å². The number of carbonyl (C=O) groups excluding carboxylic acids is 1. The molecule has 25 heavy (non-hydrogen) atoms. The highest BCUT2D eigenvalue weighted by atomic mass is 32.2. The van der Waals surface area contributed by atoms with E-state index in [0.717, 1.165) is 21.6 Å². The molecule has 0 aliphatic heterocycles. The lowest BCUT2D eigenvalue weighted by molar-refractivity contribution is -0.119. The number of anilines is 2. The Bertz CT molecular complexity index is 691. The summed E-state index contributed by atoms with van der Waals surface area (Å²) >= 11 is 2.91. The molecule has 0 spiro atoms. The van der Waals surface area contributed by atoms with E-state index in [4.69, 9.17) is 0 Å². The number of hydrogen-bond donors (Lipinski definition) is 2. The molecule has 3 rings (SSSR count). The number of hydrogen-bond acceptors (Lipinski definition) is 6. The predicted molar refractivity (Wildman–Crippen MR) is 104 cm³/mol. The first kappa shape index (κ1) is 18.2. The van der Waals surface area contributed by atoms with Crippen molar-refractivity contribution >= 4 is 39.8 Å². The Morgan fingerprint density at radius 3 is 2.84 bits per heavy atom. The molecule has 1 amide bonds. The van der Waals surface area contributed by atoms with E-state index in [2.05, 4.69) is 34.7 Å². The van der Waals surface area contributed by atoms with Crippen LogP contribution in [0.1, 0.15) is 33.1 Å². The number of carbonyl (C=O) groups is 1. The number of aromatic nitrogens is 2. The maximum atomic E-state index is 12.2. The van der Waals surface area contributed by atoms with E-state index in [-0.39, 0.29) is 5.91 Å². The molecule has 0 bridgehead atoms. The molecule has 1 fully saturated rings. The molecular weight excluding hydrogens is 352 g/mol. The molecule has 1 aromatic carbocycles. The van der Waals surface area contributed by atoms with E-state index >= 15 is 0 Å². The predicted octanol–water partition coefficient (Wildman–Crippen LogP) is 4.31. The summed E-state index contributed by atoms with van der Waals surface area (Å²) < 4.78 is 0.804. The summed E-state index contributed by atoms with van der Waals surface area (Å²) in [4.78, 5) is 12.2. The molecule has 0 radical (unpaired) electrons. The maximum Gasteiger partial charge on any atom is 0.230 e. The van der Waals surface area contributed by atoms with E-state index in [9.17, 15) is 4.79 Å². The fraction of sp³-hybridized carbons (Fsp3) is 0.500. The molecule has 0 saturated heterocycles. The molecule has 1 aliphatic rings. The summed E-state index contributed by atoms with van der Waals surface area (Å²) in [7, 11) is 0. The summed E-state index contributed by atoms with van der Waals surface area (Å²) in [6.07, 6.45) is 3.56. The lowest BCUT2D eigenvalue weighted by Gasteiger charge is -2.34. The van der Waals surface area contributed by atoms with E-state index in [1.165, 1.54) is 35.9 Å². The second-order valence-corrected chi connectivity index (χ2v) is 8.79. The van der Waals surface area contributed by atoms with Crippen molar-refractivity contribution in [3.63, 3.8) is 0 Å². The monoisotopic (exact) mass is 376 g/mol. The number of amides is 1. The van der Waals surface area contributed by atoms with Crippen molar-refractivity contribution in [1.82, 2.24) is 15.5 Å². The van der Waals surface area contributed by atoms with Crippen molar-refractivity contribution in [2.45, 2.75) is 43.5 Å². The minimum Gasteiger partial charge on any atom is -0.352 e. The quantitative estimate of drug-likeness (QED) is 0.735. The summed E-state index contributed by atoms with van der Waals surface area (Å²) in [5, 5.41) is 15.4. The fourth-order valence-corrected chi connectivity index (χ4v) is 4.71. The molecular formula is C18H24N4OS2. The Labute approximate surface area is 157 Å². The SMILES string of the molecule is C[C@@H]1[C@H](C)CCC[C@@H]1NC(=O)CSc1nnc(Nc2ccccc2)s1. The number of thioether (sulfide) groups is 1. The molecule has 0 unspecified atom stereocenters. The number of nitrogens with one attached hydrogen (secondary N) is 2. The first-order valence-electron chi connectivity index (χ1n) is 8.69. The van der Waals surface area contributed by atoms with Gasteiger partial charge in [0, 0.05) is 11.7 Å². The lowest BCUT2D eigenvalue weighted by Crippen LogP contribution is -2.44. The van der Waals surface area contributed by atoms with Gasteiger partial charge in [-0.25, -0.2) is 0 Å². The Morgan fingerprint density at radius 2 is 2.04 bits per heavy atom. The van der Waals surface area contributed by atoms with Gasteiger partial charge in [-0.1, -0.05) is 68.0 Å². The molecule has 2 aromatic rings. The minimum absolute atomic E-state index is 0.0868. The van der Waals surface area contributed by atoms with Crippen LogP contribution in [0.2, 0.25) is 0 Å². The molecule has 2 N–H and O–H groups in total. The summed E-state index contributed by atoms with van der Waals surface area (Å²) in [5.74, 6) is 1.70. The zero-order chi connectivity index (χ0) is 17.6. The topological polar surface area (TPSA) is 66.9 Å². The van der Waals surface area contributed by atoms with Crippen LogP contribution >= 0.6 is 23.1 Å². The molecule has 1 saturated carbocycles. The summed E-state index contributed by atoms with van der Waals surface area (Å²) in [6, 6.07) is 10.2. The van der Waals surface area contributed by atoms with Crippen molar-refractivity contribution in [3.8, 4) is 0 Å². The van der Waals surface area contributed by atoms with Crippen molar-refractivity contribution in [1.29, 1.82) is 0 Å². The normalized spacial score (nSPS) is 23.2. The largest absolute Gasteiger partial charge is 0.352 e. The zero-order valence-corrected chi connectivity index (χ0v) is 16.2. The van der Waals surface area contributed by atoms with Crippen LogP contribution in [-0.2, 0) is 4.79 Å². The van der Waals surface area contributed by atoms with Gasteiger partial charge in [0.1, 0.15) is 0 Å². The van der Waals surface area contributed by atoms with Crippen LogP contribution in [0.3, 0.4) is 0 Å². The van der Waals surface area contributed by atoms with Crippen molar-refractivity contribution in [2.24, 2.45) is 11.8 Å². The molecule has 3 atom stereocenters. The number of nitrogens with zero attached hydrogens (tertiary/aromatic N) is 2. The number of benzene rings is 1. The third-order valence-corrected chi connectivity index (χ3v) is 6.78. The standard InChI is InChI=1S/C18H24N4OS2/c1-12-7-6-10-15(13(12)2)20-16(23)11-24-18-22-21-17(25-18)19-14-8-4-3-5-9-14/h3-5,8-9,12-13,15H,6-7,10-11H2,1-2H3,(H,19,21)(H,20,23)/t12-,13-,15+/m1/s1. The molecule has 134 valence electrons. The van der Waals surface area contributed by atoms with Gasteiger partial charge in [-0.05, 0) is 30.4 Å². The van der Waals surface area contributed by atoms with Gasteiger partial charge in [-0.15, -0.1) is 10.2 Å². The van der Waals surface area contributed by atoms with Crippen LogP contribution in [-0.4, -0.2) is 27.9 Å². The average molecular weight is 377 g/mol. The van der Waals surface area contributed by atoms with Crippen molar-refractivity contribution in [2.75, 3.05) is 11.1 Å². The number of rotatable bonds is 6. The third kappa shape index (κ3) is 5.19. The highest BCUT2D eigenvalue weighted by Gasteiger charge is 2.28. The van der Waals surface area contributed by atoms with E-state index in [1.54, 1.807) is 0 Å². The maximum absolute atomic E-state index is 12.2. The van der Waals surface area contributed by atoms with Crippen molar-refractivity contribution < 1.29 is 4.79 Å². The average Bonchev–Trinajstić information content (AvgIpc) is 3.05. The highest BCUT2D eigenvalue weighted by Crippen LogP contribution is 2.30. The van der Waals surface area contributed by atoms with Gasteiger partial charge in [0.25, 0.3) is 0 Å². The van der Waals surface area contributed by atoms with Crippen LogP contribution in [0.15, 0.2) is 34.7 Å². The molecule has 1 aromatic heterocycles. The minimum atomic E-state index is 0.0868. The van der Waals surface area contributed by atoms with Crippen molar-refractivity contribution in [3.05, 3.63) is 30.3 Å². The smallest absolute Gasteiger partial charge is 0.230 e. The van der Waals surface area contributed by atoms with Gasteiger partial charge in [-0.2, -0.15) is 0 Å². The Balaban J connectivity index is 1.46. The molecule has 1 heterocycles. The van der Waals surface area contributed by atoms with Gasteiger partial charge in [0.15, 0.2) is 4.34 Å². The van der Waals surface area contributed by atoms with Gasteiger partial charge in [0.2, 0.25) is 11.0 Å². The van der Waals surface area contributed by atoms with Crippen LogP contribution in [0.4, 0.5) is 10.8 Å². The van der Waals surface area contributed by atoms with Gasteiger partial charge in [0.05, 0.1) is 5.75 Å². The van der Waals surface area contributed by atoms with Gasteiger partial charge in [-0.3, -0.25) is 4.79 Å². The second-order valence-electron chi connectivity index (χ2n) is 6.59.